The standard InChI is InChI=1S/C45H60O11/c1-30(31-13-8-6-9-14-31)27-44(4,41(50)55-24-22-53-39(48)20-19-38(46)47)29-45(5,42(51)56-37-26-32-25-36(37)35-18-12-17-34(32)35)28-43(2,3)40(49)54-23-21-52-33-15-10-7-11-16-33/h6-11,13-16,30,32,34-37H,12,17-29H2,1-5H3,(H,46,47). The van der Waals surface area contributed by atoms with Gasteiger partial charge in [0.1, 0.15) is 38.3 Å². The fraction of sp³-hybridized carbons (Fsp3) is 0.622. The largest absolute Gasteiger partial charge is 0.490 e. The van der Waals surface area contributed by atoms with Crippen molar-refractivity contribution in [1.82, 2.24) is 0 Å². The van der Waals surface area contributed by atoms with E-state index in [1.165, 1.54) is 19.3 Å². The van der Waals surface area contributed by atoms with E-state index in [2.05, 4.69) is 0 Å². The van der Waals surface area contributed by atoms with Gasteiger partial charge >= 0.3 is 29.8 Å². The molecule has 0 aromatic heterocycles. The van der Waals surface area contributed by atoms with E-state index in [0.717, 1.165) is 24.3 Å². The van der Waals surface area contributed by atoms with E-state index in [9.17, 15) is 24.0 Å². The first kappa shape index (κ1) is 42.7. The average molecular weight is 777 g/mol. The minimum Gasteiger partial charge on any atom is -0.490 e. The van der Waals surface area contributed by atoms with Gasteiger partial charge in [0.05, 0.1) is 29.1 Å². The molecule has 0 amide bonds. The highest BCUT2D eigenvalue weighted by Gasteiger charge is 2.57. The van der Waals surface area contributed by atoms with Crippen LogP contribution in [0.3, 0.4) is 0 Å². The number of ether oxygens (including phenoxy) is 5. The average Bonchev–Trinajstić information content (AvgIpc) is 3.90. The molecule has 0 heterocycles. The van der Waals surface area contributed by atoms with Gasteiger partial charge in [-0.15, -0.1) is 0 Å². The molecule has 3 aliphatic rings. The van der Waals surface area contributed by atoms with Crippen molar-refractivity contribution >= 4 is 29.8 Å². The van der Waals surface area contributed by atoms with Gasteiger partial charge in [-0.3, -0.25) is 24.0 Å². The van der Waals surface area contributed by atoms with Gasteiger partial charge in [-0.25, -0.2) is 0 Å². The molecule has 2 bridgehead atoms. The fourth-order valence-corrected chi connectivity index (χ4v) is 10.1. The van der Waals surface area contributed by atoms with E-state index >= 15 is 0 Å². The first-order chi connectivity index (χ1) is 26.6. The van der Waals surface area contributed by atoms with Crippen LogP contribution in [0, 0.1) is 39.9 Å². The zero-order valence-corrected chi connectivity index (χ0v) is 33.7. The normalized spacial score (nSPS) is 23.8. The number of fused-ring (bicyclic) bond motifs is 5. The van der Waals surface area contributed by atoms with Gasteiger partial charge in [-0.1, -0.05) is 61.9 Å². The van der Waals surface area contributed by atoms with Gasteiger partial charge in [0.2, 0.25) is 0 Å². The summed E-state index contributed by atoms with van der Waals surface area (Å²) < 4.78 is 28.8. The van der Waals surface area contributed by atoms with Crippen molar-refractivity contribution in [3.05, 3.63) is 66.2 Å². The van der Waals surface area contributed by atoms with Crippen molar-refractivity contribution in [3.63, 3.8) is 0 Å². The van der Waals surface area contributed by atoms with Gasteiger partial charge in [-0.2, -0.15) is 0 Å². The smallest absolute Gasteiger partial charge is 0.312 e. The Morgan fingerprint density at radius 2 is 1.32 bits per heavy atom. The number of para-hydroxylation sites is 1. The van der Waals surface area contributed by atoms with Crippen LogP contribution in [0.2, 0.25) is 0 Å². The van der Waals surface area contributed by atoms with Crippen LogP contribution in [0.25, 0.3) is 0 Å². The predicted molar refractivity (Wildman–Crippen MR) is 207 cm³/mol. The molecule has 8 atom stereocenters. The molecule has 0 saturated heterocycles. The summed E-state index contributed by atoms with van der Waals surface area (Å²) in [6.07, 6.45) is 5.08. The first-order valence-corrected chi connectivity index (χ1v) is 20.3. The lowest BCUT2D eigenvalue weighted by atomic mass is 9.63. The molecule has 0 radical (unpaired) electrons. The summed E-state index contributed by atoms with van der Waals surface area (Å²) in [5, 5.41) is 8.87. The summed E-state index contributed by atoms with van der Waals surface area (Å²) in [6, 6.07) is 19.0. The molecule has 3 saturated carbocycles. The number of hydrogen-bond acceptors (Lipinski definition) is 10. The molecule has 2 aromatic rings. The van der Waals surface area contributed by atoms with Gasteiger partial charge in [0, 0.05) is 0 Å². The molecule has 2 aromatic carbocycles. The molecule has 3 aliphatic carbocycles. The van der Waals surface area contributed by atoms with Crippen molar-refractivity contribution in [2.24, 2.45) is 39.9 Å². The molecular formula is C45H60O11. The highest BCUT2D eigenvalue weighted by Crippen LogP contribution is 2.60. The summed E-state index contributed by atoms with van der Waals surface area (Å²) in [4.78, 5) is 65.6. The van der Waals surface area contributed by atoms with Crippen LogP contribution < -0.4 is 4.74 Å². The molecule has 11 heteroatoms. The summed E-state index contributed by atoms with van der Waals surface area (Å²) in [5.74, 6) is -0.590. The number of carbonyl (C=O) groups excluding carboxylic acids is 4. The molecule has 0 aliphatic heterocycles. The second-order valence-corrected chi connectivity index (χ2v) is 17.5. The zero-order valence-electron chi connectivity index (χ0n) is 33.7. The van der Waals surface area contributed by atoms with Crippen LogP contribution in [0.4, 0.5) is 0 Å². The Bertz CT molecular complexity index is 1660. The van der Waals surface area contributed by atoms with Gasteiger partial charge in [0.15, 0.2) is 0 Å². The summed E-state index contributed by atoms with van der Waals surface area (Å²) in [6.45, 7) is 8.79. The molecule has 0 spiro atoms. The van der Waals surface area contributed by atoms with Crippen molar-refractivity contribution in [2.75, 3.05) is 26.4 Å². The maximum atomic E-state index is 14.8. The molecular weight excluding hydrogens is 716 g/mol. The zero-order chi connectivity index (χ0) is 40.5. The van der Waals surface area contributed by atoms with Crippen molar-refractivity contribution < 1.29 is 52.8 Å². The number of hydrogen-bond donors (Lipinski definition) is 1. The lowest BCUT2D eigenvalue weighted by Gasteiger charge is -2.42. The number of carboxylic acid groups (broad SMARTS) is 1. The minimum absolute atomic E-state index is 0.0194. The van der Waals surface area contributed by atoms with Crippen molar-refractivity contribution in [1.29, 1.82) is 0 Å². The number of benzene rings is 2. The highest BCUT2D eigenvalue weighted by molar-refractivity contribution is 5.83. The van der Waals surface area contributed by atoms with Crippen LogP contribution in [-0.2, 0) is 42.9 Å². The van der Waals surface area contributed by atoms with E-state index in [0.29, 0.717) is 29.9 Å². The third kappa shape index (κ3) is 10.9. The van der Waals surface area contributed by atoms with E-state index in [4.69, 9.17) is 28.8 Å². The van der Waals surface area contributed by atoms with Crippen molar-refractivity contribution in [3.8, 4) is 5.75 Å². The molecule has 11 nitrogen and oxygen atoms in total. The molecule has 3 fully saturated rings. The van der Waals surface area contributed by atoms with Gasteiger partial charge < -0.3 is 28.8 Å². The highest BCUT2D eigenvalue weighted by atomic mass is 16.6. The Morgan fingerprint density at radius 1 is 0.696 bits per heavy atom. The molecule has 8 unspecified atom stereocenters. The third-order valence-corrected chi connectivity index (χ3v) is 12.4. The monoisotopic (exact) mass is 776 g/mol. The quantitative estimate of drug-likeness (QED) is 0.0747. The Balaban J connectivity index is 1.35. The maximum Gasteiger partial charge on any atom is 0.312 e. The summed E-state index contributed by atoms with van der Waals surface area (Å²) >= 11 is 0. The van der Waals surface area contributed by atoms with Gasteiger partial charge in [0.25, 0.3) is 0 Å². The van der Waals surface area contributed by atoms with Crippen molar-refractivity contribution in [2.45, 2.75) is 111 Å². The minimum atomic E-state index is -1.31. The number of carboxylic acids is 1. The second-order valence-electron chi connectivity index (χ2n) is 17.5. The first-order valence-electron chi connectivity index (χ1n) is 20.3. The summed E-state index contributed by atoms with van der Waals surface area (Å²) in [7, 11) is 0. The van der Waals surface area contributed by atoms with Crippen LogP contribution in [0.15, 0.2) is 60.7 Å². The topological polar surface area (TPSA) is 152 Å². The Hall–Kier alpha value is -4.41. The predicted octanol–water partition coefficient (Wildman–Crippen LogP) is 7.94. The van der Waals surface area contributed by atoms with Crippen LogP contribution in [0.5, 0.6) is 5.75 Å². The van der Waals surface area contributed by atoms with Crippen LogP contribution in [0.1, 0.15) is 110 Å². The third-order valence-electron chi connectivity index (χ3n) is 12.4. The number of esters is 4. The van der Waals surface area contributed by atoms with E-state index in [1.807, 2.05) is 67.6 Å². The molecule has 56 heavy (non-hydrogen) atoms. The lowest BCUT2D eigenvalue weighted by molar-refractivity contribution is -0.176. The number of aliphatic carboxylic acids is 1. The second kappa shape index (κ2) is 18.7. The Kier molecular flexibility index (Phi) is 14.3. The van der Waals surface area contributed by atoms with Gasteiger partial charge in [-0.05, 0) is 120 Å². The Labute approximate surface area is 331 Å². The van der Waals surface area contributed by atoms with Crippen LogP contribution in [-0.4, -0.2) is 67.5 Å². The van der Waals surface area contributed by atoms with E-state index < -0.39 is 46.1 Å². The maximum absolute atomic E-state index is 14.8. The van der Waals surface area contributed by atoms with E-state index in [1.54, 1.807) is 27.7 Å². The molecule has 306 valence electrons. The van der Waals surface area contributed by atoms with Crippen LogP contribution >= 0.6 is 0 Å². The lowest BCUT2D eigenvalue weighted by Crippen LogP contribution is -2.46. The number of rotatable bonds is 21. The Morgan fingerprint density at radius 3 is 2.02 bits per heavy atom. The number of carbonyl (C=O) groups is 5. The molecule has 5 rings (SSSR count). The summed E-state index contributed by atoms with van der Waals surface area (Å²) in [5.41, 5.74) is -2.69. The SMILES string of the molecule is CC(CC(C)(CC(C)(CC(C)(C)C(=O)OCCOc1ccccc1)C(=O)OC1CC2CC1C1CCCC21)C(=O)OCCOC(=O)CCC(=O)O)c1ccccc1. The molecule has 1 N–H and O–H groups in total. The van der Waals surface area contributed by atoms with E-state index in [-0.39, 0.29) is 64.1 Å². The fourth-order valence-electron chi connectivity index (χ4n) is 10.1.